The predicted molar refractivity (Wildman–Crippen MR) is 85.2 cm³/mol. The summed E-state index contributed by atoms with van der Waals surface area (Å²) in [4.78, 5) is 22.7. The first kappa shape index (κ1) is 15.5. The third kappa shape index (κ3) is 3.80. The summed E-state index contributed by atoms with van der Waals surface area (Å²) in [5, 5.41) is 23.6. The number of thiocarbonyl (C=S) groups is 1. The van der Waals surface area contributed by atoms with E-state index in [0.29, 0.717) is 11.3 Å². The lowest BCUT2D eigenvalue weighted by Gasteiger charge is -2.10. The van der Waals surface area contributed by atoms with Crippen molar-refractivity contribution in [1.82, 2.24) is 5.32 Å². The number of carbonyl (C=O) groups excluding carboxylic acids is 1. The summed E-state index contributed by atoms with van der Waals surface area (Å²) in [5.41, 5.74) is 0.598. The second kappa shape index (κ2) is 6.68. The number of nitrogens with one attached hydrogen (secondary N) is 2. The van der Waals surface area contributed by atoms with Crippen LogP contribution in [0.3, 0.4) is 0 Å². The van der Waals surface area contributed by atoms with Crippen LogP contribution in [0, 0.1) is 0 Å². The number of carboxylic acid groups (broad SMARTS) is 1. The van der Waals surface area contributed by atoms with Gasteiger partial charge in [0.05, 0.1) is 0 Å². The number of benzene rings is 2. The van der Waals surface area contributed by atoms with Gasteiger partial charge in [0.15, 0.2) is 5.11 Å². The number of rotatable bonds is 3. The van der Waals surface area contributed by atoms with Crippen molar-refractivity contribution in [3.8, 4) is 5.75 Å². The van der Waals surface area contributed by atoms with Crippen molar-refractivity contribution in [1.29, 1.82) is 0 Å². The number of amides is 1. The lowest BCUT2D eigenvalue weighted by Crippen LogP contribution is -2.34. The van der Waals surface area contributed by atoms with Crippen LogP contribution in [0.15, 0.2) is 48.5 Å². The number of hydrogen-bond donors (Lipinski definition) is 4. The van der Waals surface area contributed by atoms with Crippen LogP contribution >= 0.6 is 12.2 Å². The third-order valence-corrected chi connectivity index (χ3v) is 2.95. The Bertz CT molecular complexity index is 732. The fraction of sp³-hybridized carbons (Fsp3) is 0. The second-order valence-corrected chi connectivity index (χ2v) is 4.72. The van der Waals surface area contributed by atoms with Gasteiger partial charge in [0.2, 0.25) is 0 Å². The zero-order valence-corrected chi connectivity index (χ0v) is 12.1. The Morgan fingerprint density at radius 1 is 1.05 bits per heavy atom. The van der Waals surface area contributed by atoms with E-state index in [-0.39, 0.29) is 16.6 Å². The average molecular weight is 316 g/mol. The van der Waals surface area contributed by atoms with E-state index in [1.54, 1.807) is 30.3 Å². The van der Waals surface area contributed by atoms with Crippen LogP contribution in [0.5, 0.6) is 5.75 Å². The largest absolute Gasteiger partial charge is 0.507 e. The molecule has 4 N–H and O–H groups in total. The number of aromatic carboxylic acids is 1. The van der Waals surface area contributed by atoms with Gasteiger partial charge >= 0.3 is 5.97 Å². The van der Waals surface area contributed by atoms with Crippen molar-refractivity contribution < 1.29 is 19.8 Å². The van der Waals surface area contributed by atoms with Gasteiger partial charge in [0, 0.05) is 17.3 Å². The molecular weight excluding hydrogens is 304 g/mol. The van der Waals surface area contributed by atoms with Gasteiger partial charge in [-0.25, -0.2) is 4.79 Å². The Balaban J connectivity index is 2.02. The average Bonchev–Trinajstić information content (AvgIpc) is 2.47. The quantitative estimate of drug-likeness (QED) is 0.648. The molecule has 0 aliphatic heterocycles. The van der Waals surface area contributed by atoms with Gasteiger partial charge in [0.25, 0.3) is 5.91 Å². The fourth-order valence-electron chi connectivity index (χ4n) is 1.72. The van der Waals surface area contributed by atoms with Crippen molar-refractivity contribution in [3.05, 3.63) is 59.7 Å². The minimum absolute atomic E-state index is 0.0383. The van der Waals surface area contributed by atoms with Crippen LogP contribution in [-0.2, 0) is 0 Å². The zero-order valence-electron chi connectivity index (χ0n) is 11.2. The molecule has 2 aromatic rings. The molecule has 0 spiro atoms. The molecule has 0 saturated carbocycles. The molecule has 0 bridgehead atoms. The molecular formula is C15H12N2O4S. The van der Waals surface area contributed by atoms with E-state index in [2.05, 4.69) is 10.6 Å². The maximum Gasteiger partial charge on any atom is 0.339 e. The van der Waals surface area contributed by atoms with Crippen LogP contribution in [0.2, 0.25) is 0 Å². The van der Waals surface area contributed by atoms with E-state index in [1.807, 2.05) is 0 Å². The molecule has 0 saturated heterocycles. The number of hydrogen-bond acceptors (Lipinski definition) is 4. The van der Waals surface area contributed by atoms with Crippen LogP contribution in [0.25, 0.3) is 0 Å². The Hall–Kier alpha value is -2.93. The summed E-state index contributed by atoms with van der Waals surface area (Å²) in [7, 11) is 0. The van der Waals surface area contributed by atoms with E-state index in [1.165, 1.54) is 18.2 Å². The third-order valence-electron chi connectivity index (χ3n) is 2.75. The Morgan fingerprint density at radius 3 is 2.32 bits per heavy atom. The molecule has 0 aromatic heterocycles. The molecule has 7 heteroatoms. The monoisotopic (exact) mass is 316 g/mol. The van der Waals surface area contributed by atoms with Crippen molar-refractivity contribution >= 4 is 34.9 Å². The number of phenols is 1. The van der Waals surface area contributed by atoms with Crippen molar-refractivity contribution in [2.24, 2.45) is 0 Å². The number of carboxylic acids is 1. The highest BCUT2D eigenvalue weighted by atomic mass is 32.1. The molecule has 0 fully saturated rings. The molecule has 0 aliphatic rings. The van der Waals surface area contributed by atoms with Crippen LogP contribution < -0.4 is 10.6 Å². The summed E-state index contributed by atoms with van der Waals surface area (Å²) in [6.07, 6.45) is 0. The van der Waals surface area contributed by atoms with Gasteiger partial charge in [-0.1, -0.05) is 18.2 Å². The molecule has 2 aromatic carbocycles. The Labute approximate surface area is 131 Å². The zero-order chi connectivity index (χ0) is 16.1. The standard InChI is InChI=1S/C15H12N2O4S/c18-12-8-10(6-7-11(12)14(20)21)16-15(22)17-13(19)9-4-2-1-3-5-9/h1-8,18H,(H,20,21)(H2,16,17,19,22). The molecule has 22 heavy (non-hydrogen) atoms. The van der Waals surface area contributed by atoms with Crippen LogP contribution in [-0.4, -0.2) is 27.2 Å². The summed E-state index contributed by atoms with van der Waals surface area (Å²) < 4.78 is 0. The second-order valence-electron chi connectivity index (χ2n) is 4.31. The minimum atomic E-state index is -1.23. The Kier molecular flexibility index (Phi) is 4.70. The number of aromatic hydroxyl groups is 1. The summed E-state index contributed by atoms with van der Waals surface area (Å²) in [5.74, 6) is -2.00. The van der Waals surface area contributed by atoms with E-state index in [0.717, 1.165) is 0 Å². The van der Waals surface area contributed by atoms with Gasteiger partial charge in [-0.2, -0.15) is 0 Å². The van der Waals surface area contributed by atoms with Gasteiger partial charge in [-0.05, 0) is 36.5 Å². The Morgan fingerprint density at radius 2 is 1.73 bits per heavy atom. The molecule has 0 unspecified atom stereocenters. The molecule has 0 heterocycles. The van der Waals surface area contributed by atoms with Gasteiger partial charge in [0.1, 0.15) is 11.3 Å². The van der Waals surface area contributed by atoms with E-state index < -0.39 is 11.7 Å². The van der Waals surface area contributed by atoms with Gasteiger partial charge in [-0.15, -0.1) is 0 Å². The van der Waals surface area contributed by atoms with E-state index in [9.17, 15) is 14.7 Å². The first-order chi connectivity index (χ1) is 10.5. The lowest BCUT2D eigenvalue weighted by atomic mass is 10.2. The molecule has 0 atom stereocenters. The van der Waals surface area contributed by atoms with Crippen LogP contribution in [0.4, 0.5) is 5.69 Å². The SMILES string of the molecule is O=C(NC(=S)Nc1ccc(C(=O)O)c(O)c1)c1ccccc1. The van der Waals surface area contributed by atoms with Crippen LogP contribution in [0.1, 0.15) is 20.7 Å². The molecule has 2 rings (SSSR count). The fourth-order valence-corrected chi connectivity index (χ4v) is 1.93. The highest BCUT2D eigenvalue weighted by molar-refractivity contribution is 7.80. The van der Waals surface area contributed by atoms with Gasteiger partial charge < -0.3 is 15.5 Å². The molecule has 0 aliphatic carbocycles. The molecule has 1 amide bonds. The summed E-state index contributed by atoms with van der Waals surface area (Å²) in [6, 6.07) is 12.4. The normalized spacial score (nSPS) is 9.82. The van der Waals surface area contributed by atoms with Crippen molar-refractivity contribution in [2.45, 2.75) is 0 Å². The smallest absolute Gasteiger partial charge is 0.339 e. The summed E-state index contributed by atoms with van der Waals surface area (Å²) >= 11 is 5.00. The first-order valence-corrected chi connectivity index (χ1v) is 6.62. The van der Waals surface area contributed by atoms with Crippen molar-refractivity contribution in [3.63, 3.8) is 0 Å². The highest BCUT2D eigenvalue weighted by Crippen LogP contribution is 2.21. The van der Waals surface area contributed by atoms with E-state index >= 15 is 0 Å². The molecule has 6 nitrogen and oxygen atoms in total. The van der Waals surface area contributed by atoms with Gasteiger partial charge in [-0.3, -0.25) is 10.1 Å². The van der Waals surface area contributed by atoms with Crippen molar-refractivity contribution in [2.75, 3.05) is 5.32 Å². The molecule has 112 valence electrons. The maximum atomic E-state index is 11.9. The number of anilines is 1. The first-order valence-electron chi connectivity index (χ1n) is 6.21. The number of carbonyl (C=O) groups is 2. The minimum Gasteiger partial charge on any atom is -0.507 e. The maximum absolute atomic E-state index is 11.9. The topological polar surface area (TPSA) is 98.7 Å². The molecule has 0 radical (unpaired) electrons. The highest BCUT2D eigenvalue weighted by Gasteiger charge is 2.11. The predicted octanol–water partition coefficient (Wildman–Crippen LogP) is 2.22. The van der Waals surface area contributed by atoms with E-state index in [4.69, 9.17) is 17.3 Å². The lowest BCUT2D eigenvalue weighted by molar-refractivity contribution is 0.0693. The summed E-state index contributed by atoms with van der Waals surface area (Å²) in [6.45, 7) is 0.